The lowest BCUT2D eigenvalue weighted by Crippen LogP contribution is -1.99. The maximum atomic E-state index is 13.6. The zero-order chi connectivity index (χ0) is 14.6. The van der Waals surface area contributed by atoms with Crippen LogP contribution in [0.5, 0.6) is 0 Å². The first kappa shape index (κ1) is 12.8. The highest BCUT2D eigenvalue weighted by Crippen LogP contribution is 2.44. The minimum Gasteiger partial charge on any atom is -0.378 e. The van der Waals surface area contributed by atoms with Gasteiger partial charge < -0.3 is 9.88 Å². The molecule has 0 bridgehead atoms. The second kappa shape index (κ2) is 4.53. The minimum absolute atomic E-state index is 0.218. The van der Waals surface area contributed by atoms with Gasteiger partial charge in [0.2, 0.25) is 0 Å². The number of fused-ring (bicyclic) bond motifs is 1. The van der Waals surface area contributed by atoms with Crippen molar-refractivity contribution in [2.45, 2.75) is 25.8 Å². The highest BCUT2D eigenvalue weighted by Gasteiger charge is 2.30. The molecule has 1 aliphatic carbocycles. The van der Waals surface area contributed by atoms with Crippen LogP contribution in [-0.4, -0.2) is 21.0 Å². The topological polar surface area (TPSA) is 42.7 Å². The van der Waals surface area contributed by atoms with E-state index in [1.807, 2.05) is 14.0 Å². The number of anilines is 1. The van der Waals surface area contributed by atoms with Crippen molar-refractivity contribution in [1.82, 2.24) is 13.9 Å². The normalized spacial score (nSPS) is 14.8. The van der Waals surface area contributed by atoms with Crippen LogP contribution in [0.3, 0.4) is 0 Å². The van der Waals surface area contributed by atoms with Crippen molar-refractivity contribution in [1.29, 1.82) is 0 Å². The first-order valence-corrected chi connectivity index (χ1v) is 7.78. The quantitative estimate of drug-likeness (QED) is 0.795. The Morgan fingerprint density at radius 3 is 2.90 bits per heavy atom. The molecule has 0 spiro atoms. The number of aromatic nitrogens is 3. The van der Waals surface area contributed by atoms with E-state index in [2.05, 4.69) is 14.3 Å². The Kier molecular flexibility index (Phi) is 2.75. The number of imidazole rings is 1. The third kappa shape index (κ3) is 1.93. The monoisotopic (exact) mass is 302 g/mol. The molecule has 1 N–H and O–H groups in total. The molecule has 21 heavy (non-hydrogen) atoms. The van der Waals surface area contributed by atoms with Crippen molar-refractivity contribution in [2.75, 3.05) is 12.4 Å². The molecule has 4 nitrogen and oxygen atoms in total. The Bertz CT molecular complexity index is 832. The van der Waals surface area contributed by atoms with E-state index in [-0.39, 0.29) is 5.82 Å². The van der Waals surface area contributed by atoms with Crippen LogP contribution in [0.25, 0.3) is 22.4 Å². The van der Waals surface area contributed by atoms with Crippen LogP contribution < -0.4 is 5.32 Å². The molecule has 0 amide bonds. The highest BCUT2D eigenvalue weighted by atomic mass is 32.1. The van der Waals surface area contributed by atoms with Crippen molar-refractivity contribution in [2.24, 2.45) is 0 Å². The lowest BCUT2D eigenvalue weighted by molar-refractivity contribution is 0.628. The predicted molar refractivity (Wildman–Crippen MR) is 83.4 cm³/mol. The summed E-state index contributed by atoms with van der Waals surface area (Å²) in [6.45, 7) is 1.99. The van der Waals surface area contributed by atoms with Gasteiger partial charge in [-0.3, -0.25) is 0 Å². The molecule has 0 unspecified atom stereocenters. The molecular weight excluding hydrogens is 287 g/mol. The van der Waals surface area contributed by atoms with Crippen LogP contribution in [0.15, 0.2) is 18.2 Å². The van der Waals surface area contributed by atoms with E-state index in [9.17, 15) is 4.39 Å². The fourth-order valence-electron chi connectivity index (χ4n) is 2.75. The SMILES string of the molecule is CNc1snc(C)c1-c1nc2ccc(F)cc2n1C1CC1. The van der Waals surface area contributed by atoms with Crippen molar-refractivity contribution in [3.05, 3.63) is 29.7 Å². The van der Waals surface area contributed by atoms with Crippen molar-refractivity contribution in [3.63, 3.8) is 0 Å². The summed E-state index contributed by atoms with van der Waals surface area (Å²) in [6, 6.07) is 5.23. The highest BCUT2D eigenvalue weighted by molar-refractivity contribution is 7.10. The molecule has 2 heterocycles. The molecule has 108 valence electrons. The number of hydrogen-bond acceptors (Lipinski definition) is 4. The van der Waals surface area contributed by atoms with Gasteiger partial charge in [-0.2, -0.15) is 4.37 Å². The minimum atomic E-state index is -0.218. The standard InChI is InChI=1S/C15H15FN4S/c1-8-13(15(17-2)21-19-8)14-18-11-6-3-9(16)7-12(11)20(14)10-4-5-10/h3,6-7,10,17H,4-5H2,1-2H3. The third-order valence-electron chi connectivity index (χ3n) is 3.88. The van der Waals surface area contributed by atoms with Crippen LogP contribution >= 0.6 is 11.5 Å². The van der Waals surface area contributed by atoms with Gasteiger partial charge in [0.25, 0.3) is 0 Å². The molecule has 1 aliphatic rings. The van der Waals surface area contributed by atoms with E-state index in [1.165, 1.54) is 17.6 Å². The second-order valence-electron chi connectivity index (χ2n) is 5.39. The average Bonchev–Trinajstić information content (AvgIpc) is 3.14. The second-order valence-corrected chi connectivity index (χ2v) is 6.17. The molecule has 0 atom stereocenters. The summed E-state index contributed by atoms with van der Waals surface area (Å²) < 4.78 is 20.2. The average molecular weight is 302 g/mol. The lowest BCUT2D eigenvalue weighted by Gasteiger charge is -2.08. The molecule has 1 saturated carbocycles. The van der Waals surface area contributed by atoms with Gasteiger partial charge in [-0.25, -0.2) is 9.37 Å². The molecule has 3 aromatic rings. The Morgan fingerprint density at radius 2 is 2.19 bits per heavy atom. The maximum absolute atomic E-state index is 13.6. The molecule has 2 aromatic heterocycles. The summed E-state index contributed by atoms with van der Waals surface area (Å²) in [5.74, 6) is 0.679. The van der Waals surface area contributed by atoms with E-state index in [0.717, 1.165) is 46.0 Å². The summed E-state index contributed by atoms with van der Waals surface area (Å²) in [5, 5.41) is 4.19. The van der Waals surface area contributed by atoms with Crippen LogP contribution in [0, 0.1) is 12.7 Å². The maximum Gasteiger partial charge on any atom is 0.146 e. The van der Waals surface area contributed by atoms with E-state index in [1.54, 1.807) is 12.1 Å². The van der Waals surface area contributed by atoms with Crippen LogP contribution in [0.1, 0.15) is 24.6 Å². The van der Waals surface area contributed by atoms with Crippen LogP contribution in [0.2, 0.25) is 0 Å². The molecule has 1 aromatic carbocycles. The van der Waals surface area contributed by atoms with Gasteiger partial charge in [-0.1, -0.05) is 0 Å². The Hall–Kier alpha value is -1.95. The molecule has 4 rings (SSSR count). The summed E-state index contributed by atoms with van der Waals surface area (Å²) in [6.07, 6.45) is 2.25. The molecular formula is C15H15FN4S. The summed E-state index contributed by atoms with van der Waals surface area (Å²) in [4.78, 5) is 4.75. The Balaban J connectivity index is 2.04. The van der Waals surface area contributed by atoms with Gasteiger partial charge in [-0.05, 0) is 49.5 Å². The number of hydrogen-bond donors (Lipinski definition) is 1. The van der Waals surface area contributed by atoms with Gasteiger partial charge in [0.1, 0.15) is 16.6 Å². The summed E-state index contributed by atoms with van der Waals surface area (Å²) in [7, 11) is 1.89. The zero-order valence-corrected chi connectivity index (χ0v) is 12.7. The summed E-state index contributed by atoms with van der Waals surface area (Å²) in [5.41, 5.74) is 3.71. The van der Waals surface area contributed by atoms with E-state index < -0.39 is 0 Å². The lowest BCUT2D eigenvalue weighted by atomic mass is 10.2. The third-order valence-corrected chi connectivity index (χ3v) is 4.83. The number of benzene rings is 1. The number of halogens is 1. The van der Waals surface area contributed by atoms with Gasteiger partial charge in [0, 0.05) is 13.1 Å². The van der Waals surface area contributed by atoms with Crippen molar-refractivity contribution >= 4 is 27.6 Å². The van der Waals surface area contributed by atoms with Gasteiger partial charge in [-0.15, -0.1) is 0 Å². The van der Waals surface area contributed by atoms with Crippen LogP contribution in [-0.2, 0) is 0 Å². The van der Waals surface area contributed by atoms with Gasteiger partial charge >= 0.3 is 0 Å². The van der Waals surface area contributed by atoms with Gasteiger partial charge in [0.15, 0.2) is 0 Å². The summed E-state index contributed by atoms with van der Waals surface area (Å²) >= 11 is 1.44. The van der Waals surface area contributed by atoms with Crippen molar-refractivity contribution in [3.8, 4) is 11.4 Å². The molecule has 0 radical (unpaired) electrons. The number of aryl methyl sites for hydroxylation is 1. The van der Waals surface area contributed by atoms with Crippen molar-refractivity contribution < 1.29 is 4.39 Å². The van der Waals surface area contributed by atoms with Crippen LogP contribution in [0.4, 0.5) is 9.39 Å². The number of rotatable bonds is 3. The smallest absolute Gasteiger partial charge is 0.146 e. The van der Waals surface area contributed by atoms with Gasteiger partial charge in [0.05, 0.1) is 22.3 Å². The largest absolute Gasteiger partial charge is 0.378 e. The molecule has 0 saturated heterocycles. The molecule has 1 fully saturated rings. The molecule has 0 aliphatic heterocycles. The first-order chi connectivity index (χ1) is 10.2. The Labute approximate surface area is 125 Å². The number of nitrogens with one attached hydrogen (secondary N) is 1. The fourth-order valence-corrected chi connectivity index (χ4v) is 3.49. The zero-order valence-electron chi connectivity index (χ0n) is 11.9. The molecule has 6 heteroatoms. The van der Waals surface area contributed by atoms with E-state index in [0.29, 0.717) is 6.04 Å². The first-order valence-electron chi connectivity index (χ1n) is 7.01. The number of nitrogens with zero attached hydrogens (tertiary/aromatic N) is 3. The fraction of sp³-hybridized carbons (Fsp3) is 0.333. The van der Waals surface area contributed by atoms with E-state index in [4.69, 9.17) is 4.98 Å². The Morgan fingerprint density at radius 1 is 1.38 bits per heavy atom. The predicted octanol–water partition coefficient (Wildman–Crippen LogP) is 3.98. The van der Waals surface area contributed by atoms with E-state index >= 15 is 0 Å².